The van der Waals surface area contributed by atoms with Crippen molar-refractivity contribution in [3.8, 4) is 0 Å². The normalized spacial score (nSPS) is 23.2. The molecule has 0 spiro atoms. The minimum absolute atomic E-state index is 0.713. The fourth-order valence-electron chi connectivity index (χ4n) is 2.21. The molecule has 1 heterocycles. The summed E-state index contributed by atoms with van der Waals surface area (Å²) in [6.07, 6.45) is 5.59. The van der Waals surface area contributed by atoms with E-state index in [9.17, 15) is 0 Å². The molecule has 0 unspecified atom stereocenters. The molecular weight excluding hydrogens is 134 g/mol. The molecule has 0 aromatic carbocycles. The van der Waals surface area contributed by atoms with Gasteiger partial charge >= 0.3 is 0 Å². The molecule has 0 saturated carbocycles. The van der Waals surface area contributed by atoms with Gasteiger partial charge in [0, 0.05) is 13.1 Å². The minimum Gasteiger partial charge on any atom is -0.305 e. The Morgan fingerprint density at radius 2 is 1.91 bits per heavy atom. The summed E-state index contributed by atoms with van der Waals surface area (Å²) >= 11 is 0. The van der Waals surface area contributed by atoms with E-state index in [2.05, 4.69) is 25.8 Å². The zero-order valence-corrected chi connectivity index (χ0v) is 8.19. The minimum atomic E-state index is 0.713. The van der Waals surface area contributed by atoms with Crippen molar-refractivity contribution in [2.75, 3.05) is 20.1 Å². The average Bonchev–Trinajstić information content (AvgIpc) is 1.96. The van der Waals surface area contributed by atoms with Gasteiger partial charge in [-0.2, -0.15) is 0 Å². The summed E-state index contributed by atoms with van der Waals surface area (Å²) in [5.74, 6) is 0. The zero-order valence-electron chi connectivity index (χ0n) is 8.19. The summed E-state index contributed by atoms with van der Waals surface area (Å²) in [5.41, 5.74) is 0.713. The Hall–Kier alpha value is -0.0400. The molecule has 1 rings (SSSR count). The number of rotatable bonds is 4. The highest BCUT2D eigenvalue weighted by atomic mass is 15.2. The van der Waals surface area contributed by atoms with E-state index in [4.69, 9.17) is 0 Å². The van der Waals surface area contributed by atoms with Gasteiger partial charge in [-0.15, -0.1) is 0 Å². The third-order valence-electron chi connectivity index (χ3n) is 3.02. The number of nitrogens with zero attached hydrogens (tertiary/aromatic N) is 1. The van der Waals surface area contributed by atoms with Crippen LogP contribution in [-0.2, 0) is 0 Å². The van der Waals surface area contributed by atoms with Gasteiger partial charge in [0.1, 0.15) is 0 Å². The van der Waals surface area contributed by atoms with E-state index in [1.54, 1.807) is 0 Å². The lowest BCUT2D eigenvalue weighted by molar-refractivity contribution is 0.00930. The first-order chi connectivity index (χ1) is 5.22. The molecule has 1 nitrogen and oxygen atoms in total. The molecule has 1 saturated heterocycles. The molecule has 1 aliphatic heterocycles. The van der Waals surface area contributed by atoms with Gasteiger partial charge in [-0.1, -0.05) is 26.7 Å². The van der Waals surface area contributed by atoms with E-state index in [0.717, 1.165) is 0 Å². The lowest BCUT2D eigenvalue weighted by Gasteiger charge is -2.48. The Kier molecular flexibility index (Phi) is 2.94. The van der Waals surface area contributed by atoms with Gasteiger partial charge in [0.05, 0.1) is 0 Å². The maximum atomic E-state index is 2.43. The lowest BCUT2D eigenvalue weighted by atomic mass is 9.74. The Morgan fingerprint density at radius 3 is 2.27 bits per heavy atom. The Bertz CT molecular complexity index is 114. The molecular formula is C10H21N. The van der Waals surface area contributed by atoms with Crippen LogP contribution in [0.2, 0.25) is 0 Å². The number of hydrogen-bond donors (Lipinski definition) is 0. The summed E-state index contributed by atoms with van der Waals surface area (Å²) in [4.78, 5) is 2.43. The topological polar surface area (TPSA) is 3.24 Å². The Labute approximate surface area is 70.8 Å². The van der Waals surface area contributed by atoms with Crippen LogP contribution in [0, 0.1) is 5.41 Å². The van der Waals surface area contributed by atoms with Crippen LogP contribution in [0.4, 0.5) is 0 Å². The van der Waals surface area contributed by atoms with Crippen molar-refractivity contribution in [3.63, 3.8) is 0 Å². The van der Waals surface area contributed by atoms with E-state index in [1.807, 2.05) is 0 Å². The molecule has 11 heavy (non-hydrogen) atoms. The second kappa shape index (κ2) is 3.57. The van der Waals surface area contributed by atoms with Gasteiger partial charge in [-0.05, 0) is 25.3 Å². The molecule has 66 valence electrons. The van der Waals surface area contributed by atoms with E-state index in [1.165, 1.54) is 38.8 Å². The van der Waals surface area contributed by atoms with Gasteiger partial charge in [0.15, 0.2) is 0 Å². The summed E-state index contributed by atoms with van der Waals surface area (Å²) in [5, 5.41) is 0. The smallest absolute Gasteiger partial charge is 0.00473 e. The first kappa shape index (κ1) is 9.05. The van der Waals surface area contributed by atoms with Crippen LogP contribution in [0.15, 0.2) is 0 Å². The quantitative estimate of drug-likeness (QED) is 0.603. The first-order valence-electron chi connectivity index (χ1n) is 4.91. The molecule has 0 amide bonds. The monoisotopic (exact) mass is 155 g/mol. The van der Waals surface area contributed by atoms with Crippen molar-refractivity contribution in [2.24, 2.45) is 5.41 Å². The van der Waals surface area contributed by atoms with Gasteiger partial charge < -0.3 is 4.90 Å². The highest BCUT2D eigenvalue weighted by Gasteiger charge is 2.38. The standard InChI is InChI=1S/C10H21N/c1-4-6-7-10(5-2)8-11(3)9-10/h4-9H2,1-3H3. The second-order valence-corrected chi connectivity index (χ2v) is 4.13. The maximum Gasteiger partial charge on any atom is 0.00473 e. The molecule has 1 fully saturated rings. The van der Waals surface area contributed by atoms with Crippen LogP contribution < -0.4 is 0 Å². The van der Waals surface area contributed by atoms with Crippen molar-refractivity contribution in [1.29, 1.82) is 0 Å². The van der Waals surface area contributed by atoms with E-state index in [-0.39, 0.29) is 0 Å². The van der Waals surface area contributed by atoms with Gasteiger partial charge in [-0.25, -0.2) is 0 Å². The van der Waals surface area contributed by atoms with Crippen molar-refractivity contribution in [1.82, 2.24) is 4.90 Å². The highest BCUT2D eigenvalue weighted by Crippen LogP contribution is 2.37. The van der Waals surface area contributed by atoms with Crippen molar-refractivity contribution < 1.29 is 0 Å². The van der Waals surface area contributed by atoms with E-state index < -0.39 is 0 Å². The first-order valence-corrected chi connectivity index (χ1v) is 4.91. The maximum absolute atomic E-state index is 2.43. The predicted molar refractivity (Wildman–Crippen MR) is 49.7 cm³/mol. The van der Waals surface area contributed by atoms with Crippen LogP contribution in [-0.4, -0.2) is 25.0 Å². The number of likely N-dealkylation sites (tertiary alicyclic amines) is 1. The Balaban J connectivity index is 2.26. The number of unbranched alkanes of at least 4 members (excludes halogenated alkanes) is 1. The molecule has 0 aliphatic carbocycles. The molecule has 0 N–H and O–H groups in total. The SMILES string of the molecule is CCCCC1(CC)CN(C)C1. The van der Waals surface area contributed by atoms with Crippen LogP contribution in [0.5, 0.6) is 0 Å². The molecule has 0 aromatic rings. The van der Waals surface area contributed by atoms with Gasteiger partial charge in [-0.3, -0.25) is 0 Å². The van der Waals surface area contributed by atoms with E-state index >= 15 is 0 Å². The molecule has 1 heteroatoms. The second-order valence-electron chi connectivity index (χ2n) is 4.13. The van der Waals surface area contributed by atoms with Crippen molar-refractivity contribution >= 4 is 0 Å². The molecule has 0 atom stereocenters. The van der Waals surface area contributed by atoms with Crippen molar-refractivity contribution in [3.05, 3.63) is 0 Å². The third-order valence-corrected chi connectivity index (χ3v) is 3.02. The largest absolute Gasteiger partial charge is 0.305 e. The summed E-state index contributed by atoms with van der Waals surface area (Å²) < 4.78 is 0. The molecule has 1 aliphatic rings. The fourth-order valence-corrected chi connectivity index (χ4v) is 2.21. The number of hydrogen-bond acceptors (Lipinski definition) is 1. The Morgan fingerprint density at radius 1 is 1.27 bits per heavy atom. The third kappa shape index (κ3) is 1.96. The van der Waals surface area contributed by atoms with Crippen LogP contribution in [0.1, 0.15) is 39.5 Å². The fraction of sp³-hybridized carbons (Fsp3) is 1.00. The summed E-state index contributed by atoms with van der Waals surface area (Å²) in [6.45, 7) is 7.29. The van der Waals surface area contributed by atoms with E-state index in [0.29, 0.717) is 5.41 Å². The molecule has 0 bridgehead atoms. The van der Waals surface area contributed by atoms with Gasteiger partial charge in [0.2, 0.25) is 0 Å². The lowest BCUT2D eigenvalue weighted by Crippen LogP contribution is -2.53. The summed E-state index contributed by atoms with van der Waals surface area (Å²) in [7, 11) is 2.22. The molecule has 0 radical (unpaired) electrons. The highest BCUT2D eigenvalue weighted by molar-refractivity contribution is 4.91. The van der Waals surface area contributed by atoms with Crippen LogP contribution >= 0.6 is 0 Å². The zero-order chi connectivity index (χ0) is 8.32. The molecule has 0 aromatic heterocycles. The average molecular weight is 155 g/mol. The van der Waals surface area contributed by atoms with Crippen LogP contribution in [0.25, 0.3) is 0 Å². The van der Waals surface area contributed by atoms with Crippen LogP contribution in [0.3, 0.4) is 0 Å². The predicted octanol–water partition coefficient (Wildman–Crippen LogP) is 2.52. The summed E-state index contributed by atoms with van der Waals surface area (Å²) in [6, 6.07) is 0. The van der Waals surface area contributed by atoms with Gasteiger partial charge in [0.25, 0.3) is 0 Å². The van der Waals surface area contributed by atoms with Crippen molar-refractivity contribution in [2.45, 2.75) is 39.5 Å².